The van der Waals surface area contributed by atoms with E-state index in [1.54, 1.807) is 4.31 Å². The van der Waals surface area contributed by atoms with Crippen LogP contribution in [0.4, 0.5) is 0 Å². The third kappa shape index (κ3) is 5.83. The molecule has 1 amide bonds. The minimum atomic E-state index is -3.39. The van der Waals surface area contributed by atoms with Gasteiger partial charge in [0.15, 0.2) is 0 Å². The predicted octanol–water partition coefficient (Wildman–Crippen LogP) is 3.40. The van der Waals surface area contributed by atoms with E-state index in [0.29, 0.717) is 45.7 Å². The monoisotopic (exact) mass is 470 g/mol. The Morgan fingerprint density at radius 1 is 1.06 bits per heavy atom. The van der Waals surface area contributed by atoms with Crippen LogP contribution in [0, 0.1) is 12.8 Å². The normalized spacial score (nSPS) is 19.8. The summed E-state index contributed by atoms with van der Waals surface area (Å²) in [6.45, 7) is 4.73. The molecule has 178 valence electrons. The van der Waals surface area contributed by atoms with Crippen molar-refractivity contribution in [2.24, 2.45) is 5.92 Å². The third-order valence-electron chi connectivity index (χ3n) is 7.09. The molecule has 0 atom stereocenters. The zero-order valence-electron chi connectivity index (χ0n) is 19.3. The molecule has 0 unspecified atom stereocenters. The first-order valence-corrected chi connectivity index (χ1v) is 13.4. The number of hydrogen-bond donors (Lipinski definition) is 1. The van der Waals surface area contributed by atoms with E-state index >= 15 is 0 Å². The summed E-state index contributed by atoms with van der Waals surface area (Å²) in [5.41, 5.74) is 2.99. The Hall–Kier alpha value is -2.22. The standard InChI is InChI=1S/C26H34N2O4S/c1-21-6-5-7-22(18-21)19-33(30,31)28-14-10-23(11-15-28)25(29)27-20-26(12-16-32-17-13-26)24-8-3-2-4-9-24/h2-9,18,23H,10-17,19-20H2,1H3,(H,27,29). The van der Waals surface area contributed by atoms with Crippen molar-refractivity contribution in [1.29, 1.82) is 0 Å². The number of hydrogen-bond acceptors (Lipinski definition) is 4. The van der Waals surface area contributed by atoms with Gasteiger partial charge in [0.05, 0.1) is 5.75 Å². The van der Waals surface area contributed by atoms with Crippen LogP contribution in [0.2, 0.25) is 0 Å². The van der Waals surface area contributed by atoms with Crippen LogP contribution in [0.15, 0.2) is 54.6 Å². The number of benzene rings is 2. The van der Waals surface area contributed by atoms with E-state index < -0.39 is 10.0 Å². The first kappa shape index (κ1) is 23.9. The molecule has 0 spiro atoms. The highest BCUT2D eigenvalue weighted by Gasteiger charge is 2.36. The molecule has 33 heavy (non-hydrogen) atoms. The molecule has 0 aliphatic carbocycles. The lowest BCUT2D eigenvalue weighted by Gasteiger charge is -2.38. The Labute approximate surface area is 197 Å². The van der Waals surface area contributed by atoms with Gasteiger partial charge >= 0.3 is 0 Å². The molecule has 0 saturated carbocycles. The maximum atomic E-state index is 13.0. The molecule has 0 aromatic heterocycles. The van der Waals surface area contributed by atoms with Gasteiger partial charge in [-0.15, -0.1) is 0 Å². The summed E-state index contributed by atoms with van der Waals surface area (Å²) in [5, 5.41) is 3.20. The minimum absolute atomic E-state index is 0.00715. The van der Waals surface area contributed by atoms with E-state index in [2.05, 4.69) is 17.4 Å². The Bertz CT molecular complexity index is 1040. The zero-order chi connectivity index (χ0) is 23.3. The number of sulfonamides is 1. The molecule has 1 N–H and O–H groups in total. The van der Waals surface area contributed by atoms with Crippen LogP contribution in [0.25, 0.3) is 0 Å². The second-order valence-electron chi connectivity index (χ2n) is 9.40. The Morgan fingerprint density at radius 2 is 1.76 bits per heavy atom. The Kier molecular flexibility index (Phi) is 7.51. The number of piperidine rings is 1. The van der Waals surface area contributed by atoms with E-state index in [9.17, 15) is 13.2 Å². The fourth-order valence-corrected chi connectivity index (χ4v) is 6.57. The molecule has 2 aliphatic heterocycles. The molecule has 0 bridgehead atoms. The summed E-state index contributed by atoms with van der Waals surface area (Å²) in [5.74, 6) is -0.108. The molecule has 2 aromatic carbocycles. The van der Waals surface area contributed by atoms with Crippen LogP contribution in [0.1, 0.15) is 42.4 Å². The molecule has 2 fully saturated rings. The summed E-state index contributed by atoms with van der Waals surface area (Å²) in [6.07, 6.45) is 2.88. The van der Waals surface area contributed by atoms with E-state index in [0.717, 1.165) is 24.0 Å². The van der Waals surface area contributed by atoms with Crippen molar-refractivity contribution < 1.29 is 17.9 Å². The lowest BCUT2D eigenvalue weighted by atomic mass is 9.74. The molecule has 4 rings (SSSR count). The predicted molar refractivity (Wildman–Crippen MR) is 129 cm³/mol. The lowest BCUT2D eigenvalue weighted by Crippen LogP contribution is -2.48. The number of nitrogens with one attached hydrogen (secondary N) is 1. The van der Waals surface area contributed by atoms with Crippen molar-refractivity contribution in [1.82, 2.24) is 9.62 Å². The number of carbonyl (C=O) groups is 1. The van der Waals surface area contributed by atoms with Crippen LogP contribution in [0.3, 0.4) is 0 Å². The number of aryl methyl sites for hydroxylation is 1. The molecule has 0 radical (unpaired) electrons. The smallest absolute Gasteiger partial charge is 0.223 e. The second kappa shape index (κ2) is 10.4. The van der Waals surface area contributed by atoms with Crippen LogP contribution < -0.4 is 5.32 Å². The molecular formula is C26H34N2O4S. The molecule has 6 nitrogen and oxygen atoms in total. The average molecular weight is 471 g/mol. The molecule has 2 saturated heterocycles. The molecule has 2 aliphatic rings. The highest BCUT2D eigenvalue weighted by Crippen LogP contribution is 2.34. The van der Waals surface area contributed by atoms with Gasteiger partial charge in [-0.25, -0.2) is 12.7 Å². The highest BCUT2D eigenvalue weighted by atomic mass is 32.2. The van der Waals surface area contributed by atoms with Gasteiger partial charge in [0.25, 0.3) is 0 Å². The van der Waals surface area contributed by atoms with Crippen LogP contribution in [-0.4, -0.2) is 51.5 Å². The first-order chi connectivity index (χ1) is 15.9. The van der Waals surface area contributed by atoms with Crippen molar-refractivity contribution in [2.45, 2.75) is 43.8 Å². The lowest BCUT2D eigenvalue weighted by molar-refractivity contribution is -0.126. The summed E-state index contributed by atoms with van der Waals surface area (Å²) in [7, 11) is -3.39. The van der Waals surface area contributed by atoms with Crippen molar-refractivity contribution in [2.75, 3.05) is 32.8 Å². The van der Waals surface area contributed by atoms with E-state index in [1.165, 1.54) is 5.56 Å². The Morgan fingerprint density at radius 3 is 2.42 bits per heavy atom. The van der Waals surface area contributed by atoms with Crippen molar-refractivity contribution in [3.8, 4) is 0 Å². The van der Waals surface area contributed by atoms with E-state index in [1.807, 2.05) is 49.4 Å². The number of carbonyl (C=O) groups excluding carboxylic acids is 1. The summed E-state index contributed by atoms with van der Waals surface area (Å²) < 4.78 is 32.9. The maximum absolute atomic E-state index is 13.0. The van der Waals surface area contributed by atoms with Gasteiger partial charge in [-0.3, -0.25) is 4.79 Å². The molecule has 7 heteroatoms. The van der Waals surface area contributed by atoms with Gasteiger partial charge in [-0.1, -0.05) is 60.2 Å². The summed E-state index contributed by atoms with van der Waals surface area (Å²) >= 11 is 0. The average Bonchev–Trinajstić information content (AvgIpc) is 2.83. The fraction of sp³-hybridized carbons (Fsp3) is 0.500. The van der Waals surface area contributed by atoms with E-state index in [-0.39, 0.29) is 23.0 Å². The number of nitrogens with zero attached hydrogens (tertiary/aromatic N) is 1. The zero-order valence-corrected chi connectivity index (χ0v) is 20.1. The number of amides is 1. The fourth-order valence-electron chi connectivity index (χ4n) is 5.02. The van der Waals surface area contributed by atoms with Gasteiger partial charge in [-0.2, -0.15) is 0 Å². The van der Waals surface area contributed by atoms with E-state index in [4.69, 9.17) is 4.74 Å². The van der Waals surface area contributed by atoms with Gasteiger partial charge in [0.1, 0.15) is 0 Å². The third-order valence-corrected chi connectivity index (χ3v) is 8.94. The van der Waals surface area contributed by atoms with Gasteiger partial charge in [0.2, 0.25) is 15.9 Å². The van der Waals surface area contributed by atoms with Crippen molar-refractivity contribution >= 4 is 15.9 Å². The SMILES string of the molecule is Cc1cccc(CS(=O)(=O)N2CCC(C(=O)NCC3(c4ccccc4)CCOCC3)CC2)c1. The number of ether oxygens (including phenoxy) is 1. The van der Waals surface area contributed by atoms with Gasteiger partial charge < -0.3 is 10.1 Å². The van der Waals surface area contributed by atoms with Crippen molar-refractivity contribution in [3.05, 3.63) is 71.3 Å². The largest absolute Gasteiger partial charge is 0.381 e. The highest BCUT2D eigenvalue weighted by molar-refractivity contribution is 7.88. The van der Waals surface area contributed by atoms with Crippen LogP contribution >= 0.6 is 0 Å². The van der Waals surface area contributed by atoms with Gasteiger partial charge in [0, 0.05) is 44.2 Å². The quantitative estimate of drug-likeness (QED) is 0.673. The van der Waals surface area contributed by atoms with Gasteiger partial charge in [-0.05, 0) is 43.7 Å². The Balaban J connectivity index is 1.32. The number of rotatable bonds is 7. The minimum Gasteiger partial charge on any atom is -0.381 e. The second-order valence-corrected chi connectivity index (χ2v) is 11.4. The van der Waals surface area contributed by atoms with Crippen LogP contribution in [-0.2, 0) is 30.7 Å². The topological polar surface area (TPSA) is 75.7 Å². The molecule has 2 heterocycles. The van der Waals surface area contributed by atoms with Crippen LogP contribution in [0.5, 0.6) is 0 Å². The van der Waals surface area contributed by atoms with Crippen molar-refractivity contribution in [3.63, 3.8) is 0 Å². The molecular weight excluding hydrogens is 436 g/mol. The summed E-state index contributed by atoms with van der Waals surface area (Å²) in [6, 6.07) is 18.0. The summed E-state index contributed by atoms with van der Waals surface area (Å²) in [4.78, 5) is 13.0. The first-order valence-electron chi connectivity index (χ1n) is 11.8. The molecule has 2 aromatic rings. The maximum Gasteiger partial charge on any atom is 0.223 e.